The molecule has 6 rings (SSSR count). The van der Waals surface area contributed by atoms with Gasteiger partial charge in [0.05, 0.1) is 56.4 Å². The molecule has 2 heterocycles. The van der Waals surface area contributed by atoms with Gasteiger partial charge in [0.15, 0.2) is 6.29 Å². The first kappa shape index (κ1) is 36.0. The Kier molecular flexibility index (Phi) is 11.1. The zero-order valence-corrected chi connectivity index (χ0v) is 28.0. The molecule has 18 atom stereocenters. The van der Waals surface area contributed by atoms with Crippen molar-refractivity contribution < 1.29 is 59.6 Å². The number of piperidine rings is 1. The number of ether oxygens (including phenoxy) is 3. The lowest BCUT2D eigenvalue weighted by Crippen LogP contribution is -2.95. The van der Waals surface area contributed by atoms with Crippen molar-refractivity contribution in [2.75, 3.05) is 27.3 Å². The molecule has 0 amide bonds. The summed E-state index contributed by atoms with van der Waals surface area (Å²) in [5, 5.41) is 58.9. The van der Waals surface area contributed by atoms with E-state index in [1.54, 1.807) is 7.05 Å². The first-order valence-corrected chi connectivity index (χ1v) is 17.9. The molecule has 2 aliphatic heterocycles. The fourth-order valence-electron chi connectivity index (χ4n) is 10.3. The number of carbonyl (C=O) groups excluding carboxylic acids is 2. The lowest BCUT2D eigenvalue weighted by molar-refractivity contribution is -0.703. The molecule has 0 radical (unpaired) electrons. The van der Waals surface area contributed by atoms with Gasteiger partial charge in [0, 0.05) is 43.6 Å². The maximum absolute atomic E-state index is 14.7. The standard InChI is InChI=1S/C33H55N5O10/c1-36-33(35)38-19-5-4-14(7-13-3-6-22(34)37-11-13)16-10-18-25(28(42)23(16)19)29(43)24-17(26(18)40)8-15(46-2)9-20(24)47-32-31(45)30(44)27(41)21(12-39)48-32/h13-25,27-28,30-32,37,39,41-42,44-45H,3-12,34H2,1-2H3,(H3,35,36,38)/p+2. The highest BCUT2D eigenvalue weighted by Gasteiger charge is 2.63. The molecular formula is C33H57N5O10+2. The number of fused-ring (bicyclic) bond motifs is 3. The number of hydrogen-bond acceptors (Lipinski definition) is 11. The molecular weight excluding hydrogens is 626 g/mol. The minimum absolute atomic E-state index is 0.0176. The number of aliphatic hydroxyl groups excluding tert-OH is 5. The van der Waals surface area contributed by atoms with Crippen LogP contribution in [0.3, 0.4) is 0 Å². The molecule has 0 spiro atoms. The van der Waals surface area contributed by atoms with Crippen LogP contribution in [0.4, 0.5) is 0 Å². The third-order valence-corrected chi connectivity index (χ3v) is 12.8. The van der Waals surface area contributed by atoms with Crippen molar-refractivity contribution in [1.29, 1.82) is 0 Å². The summed E-state index contributed by atoms with van der Waals surface area (Å²) in [6, 6.07) is -0.188. The Hall–Kier alpha value is -1.79. The summed E-state index contributed by atoms with van der Waals surface area (Å²) < 4.78 is 17.5. The predicted octanol–water partition coefficient (Wildman–Crippen LogP) is -5.36. The lowest BCUT2D eigenvalue weighted by atomic mass is 9.49. The van der Waals surface area contributed by atoms with Crippen LogP contribution in [0.15, 0.2) is 0 Å². The monoisotopic (exact) mass is 683 g/mol. The maximum Gasteiger partial charge on any atom is 0.341 e. The average Bonchev–Trinajstić information content (AvgIpc) is 3.08. The van der Waals surface area contributed by atoms with Gasteiger partial charge in [-0.05, 0) is 50.4 Å². The summed E-state index contributed by atoms with van der Waals surface area (Å²) >= 11 is 0. The minimum Gasteiger partial charge on any atom is -0.394 e. The molecule has 0 aromatic heterocycles. The number of hydrogen-bond donors (Lipinski definition) is 10. The van der Waals surface area contributed by atoms with Gasteiger partial charge in [-0.15, -0.1) is 0 Å². The van der Waals surface area contributed by atoms with Crippen molar-refractivity contribution in [2.45, 2.75) is 113 Å². The number of guanidine groups is 1. The molecule has 48 heavy (non-hydrogen) atoms. The molecule has 4 aliphatic carbocycles. The summed E-state index contributed by atoms with van der Waals surface area (Å²) in [5.74, 6) is -2.65. The second-order valence-corrected chi connectivity index (χ2v) is 15.3. The summed E-state index contributed by atoms with van der Waals surface area (Å²) in [6.07, 6.45) is -4.11. The SMILES string of the molecule is C[NH+]=C(N)NC1CCC(CC2CCC(N)[NH2+]C2)C2CC3C(=O)C4CC(OC)CC(OC5OC(CO)C(O)C(O)C5O)C4C(=O)C3C(O)C12. The number of nitrogens with one attached hydrogen (secondary N) is 2. The number of nitrogens with two attached hydrogens (primary N) is 3. The summed E-state index contributed by atoms with van der Waals surface area (Å²) in [6.45, 7) is 0.331. The normalized spacial score (nSPS) is 49.9. The molecule has 15 heteroatoms. The summed E-state index contributed by atoms with van der Waals surface area (Å²) in [4.78, 5) is 32.1. The Morgan fingerprint density at radius 3 is 2.40 bits per heavy atom. The quantitative estimate of drug-likeness (QED) is 0.0890. The summed E-state index contributed by atoms with van der Waals surface area (Å²) in [7, 11) is 3.25. The first-order valence-electron chi connectivity index (χ1n) is 17.9. The molecule has 0 aromatic carbocycles. The fourth-order valence-corrected chi connectivity index (χ4v) is 10.3. The average molecular weight is 684 g/mol. The zero-order chi connectivity index (χ0) is 34.4. The predicted molar refractivity (Wildman–Crippen MR) is 168 cm³/mol. The highest BCUT2D eigenvalue weighted by atomic mass is 16.7. The van der Waals surface area contributed by atoms with Crippen molar-refractivity contribution in [1.82, 2.24) is 5.32 Å². The molecule has 15 nitrogen and oxygen atoms in total. The van der Waals surface area contributed by atoms with Crippen molar-refractivity contribution in [3.63, 3.8) is 0 Å². The number of aliphatic hydroxyl groups is 5. The number of carbonyl (C=O) groups is 2. The Bertz CT molecular complexity index is 1190. The van der Waals surface area contributed by atoms with Crippen LogP contribution in [0.1, 0.15) is 51.4 Å². The van der Waals surface area contributed by atoms with Gasteiger partial charge >= 0.3 is 5.96 Å². The second kappa shape index (κ2) is 14.8. The number of Topliss-reactive ketones (excluding diaryl/α,β-unsaturated/α-hetero) is 2. The Morgan fingerprint density at radius 2 is 1.73 bits per heavy atom. The van der Waals surface area contributed by atoms with E-state index in [9.17, 15) is 35.1 Å². The third kappa shape index (κ3) is 6.67. The van der Waals surface area contributed by atoms with Gasteiger partial charge in [-0.25, -0.2) is 0 Å². The van der Waals surface area contributed by atoms with Crippen LogP contribution in [0.25, 0.3) is 0 Å². The Labute approximate surface area is 281 Å². The van der Waals surface area contributed by atoms with Crippen molar-refractivity contribution >= 4 is 17.5 Å². The number of rotatable bonds is 7. The van der Waals surface area contributed by atoms with Gasteiger partial charge in [-0.2, -0.15) is 0 Å². The second-order valence-electron chi connectivity index (χ2n) is 15.3. The molecule has 0 bridgehead atoms. The highest BCUT2D eigenvalue weighted by molar-refractivity contribution is 6.00. The lowest BCUT2D eigenvalue weighted by Gasteiger charge is -2.56. The van der Waals surface area contributed by atoms with Crippen molar-refractivity contribution in [3.05, 3.63) is 0 Å². The van der Waals surface area contributed by atoms with E-state index in [4.69, 9.17) is 25.7 Å². The molecule has 13 N–H and O–H groups in total. The molecule has 18 unspecified atom stereocenters. The van der Waals surface area contributed by atoms with E-state index in [2.05, 4.69) is 15.6 Å². The van der Waals surface area contributed by atoms with Crippen LogP contribution in [0.5, 0.6) is 0 Å². The van der Waals surface area contributed by atoms with Gasteiger partial charge in [-0.1, -0.05) is 0 Å². The number of methoxy groups -OCH3 is 1. The Morgan fingerprint density at radius 1 is 0.979 bits per heavy atom. The molecule has 0 aromatic rings. The van der Waals surface area contributed by atoms with Crippen LogP contribution >= 0.6 is 0 Å². The topological polar surface area (TPSA) is 258 Å². The molecule has 4 saturated carbocycles. The Balaban J connectivity index is 1.28. The van der Waals surface area contributed by atoms with Crippen LogP contribution in [-0.2, 0) is 23.8 Å². The highest BCUT2D eigenvalue weighted by Crippen LogP contribution is 2.55. The van der Waals surface area contributed by atoms with E-state index in [0.29, 0.717) is 24.7 Å². The minimum atomic E-state index is -1.66. The first-order chi connectivity index (χ1) is 23.0. The summed E-state index contributed by atoms with van der Waals surface area (Å²) in [5.41, 5.74) is 12.3. The molecule has 6 aliphatic rings. The van der Waals surface area contributed by atoms with E-state index < -0.39 is 79.3 Å². The van der Waals surface area contributed by atoms with Crippen LogP contribution in [-0.4, -0.2) is 132 Å². The maximum atomic E-state index is 14.7. The van der Waals surface area contributed by atoms with Gasteiger partial charge in [0.1, 0.15) is 42.1 Å². The van der Waals surface area contributed by atoms with Crippen molar-refractivity contribution in [3.8, 4) is 0 Å². The third-order valence-electron chi connectivity index (χ3n) is 12.8. The van der Waals surface area contributed by atoms with Crippen molar-refractivity contribution in [2.24, 2.45) is 58.8 Å². The number of quaternary nitrogens is 1. The molecule has 2 saturated heterocycles. The van der Waals surface area contributed by atoms with Gasteiger partial charge in [0.25, 0.3) is 0 Å². The zero-order valence-electron chi connectivity index (χ0n) is 28.0. The van der Waals surface area contributed by atoms with E-state index >= 15 is 0 Å². The van der Waals surface area contributed by atoms with Crippen LogP contribution in [0, 0.1) is 47.3 Å². The van der Waals surface area contributed by atoms with E-state index in [1.807, 2.05) is 0 Å². The van der Waals surface area contributed by atoms with E-state index in [0.717, 1.165) is 38.6 Å². The van der Waals surface area contributed by atoms with Gasteiger partial charge in [-0.3, -0.25) is 31.4 Å². The van der Waals surface area contributed by atoms with Crippen LogP contribution in [0.2, 0.25) is 0 Å². The van der Waals surface area contributed by atoms with E-state index in [1.165, 1.54) is 7.11 Å². The molecule has 272 valence electrons. The van der Waals surface area contributed by atoms with Gasteiger partial charge in [0.2, 0.25) is 0 Å². The smallest absolute Gasteiger partial charge is 0.341 e. The van der Waals surface area contributed by atoms with E-state index in [-0.39, 0.29) is 47.9 Å². The fraction of sp³-hybridized carbons (Fsp3) is 0.909. The van der Waals surface area contributed by atoms with Crippen LogP contribution < -0.4 is 27.1 Å². The molecule has 6 fully saturated rings. The largest absolute Gasteiger partial charge is 0.394 e. The number of ketones is 2. The van der Waals surface area contributed by atoms with Gasteiger partial charge < -0.3 is 45.1 Å².